The van der Waals surface area contributed by atoms with Crippen LogP contribution >= 0.6 is 11.6 Å². The number of aliphatic carboxylic acids is 1. The Morgan fingerprint density at radius 2 is 2.00 bits per heavy atom. The number of hydrogen-bond acceptors (Lipinski definition) is 3. The van der Waals surface area contributed by atoms with Crippen molar-refractivity contribution in [1.82, 2.24) is 0 Å². The van der Waals surface area contributed by atoms with Gasteiger partial charge >= 0.3 is 11.9 Å². The average Bonchev–Trinajstić information content (AvgIpc) is 2.15. The van der Waals surface area contributed by atoms with Crippen molar-refractivity contribution < 1.29 is 19.8 Å². The van der Waals surface area contributed by atoms with E-state index in [1.54, 1.807) is 0 Å². The molecule has 0 saturated heterocycles. The van der Waals surface area contributed by atoms with Gasteiger partial charge in [0.25, 0.3) is 0 Å². The third-order valence-electron chi connectivity index (χ3n) is 1.64. The van der Waals surface area contributed by atoms with Gasteiger partial charge in [0.1, 0.15) is 6.54 Å². The standard InChI is InChI=1S/C9H8ClNO4/c10-5-1-2-7(11-4-8(12)13)6(3-5)9(14)15/h1-3,11H,4H2,(H,12,13)(H,14,15). The first-order valence-corrected chi connectivity index (χ1v) is 4.37. The molecule has 0 aliphatic carbocycles. The fourth-order valence-electron chi connectivity index (χ4n) is 1.02. The minimum atomic E-state index is -1.16. The van der Waals surface area contributed by atoms with E-state index in [4.69, 9.17) is 21.8 Å². The Labute approximate surface area is 90.3 Å². The number of rotatable bonds is 4. The maximum Gasteiger partial charge on any atom is 0.337 e. The number of hydrogen-bond donors (Lipinski definition) is 3. The first-order chi connectivity index (χ1) is 7.00. The van der Waals surface area contributed by atoms with Crippen LogP contribution in [0.4, 0.5) is 5.69 Å². The van der Waals surface area contributed by atoms with Gasteiger partial charge < -0.3 is 15.5 Å². The zero-order valence-electron chi connectivity index (χ0n) is 7.53. The van der Waals surface area contributed by atoms with Crippen molar-refractivity contribution in [3.8, 4) is 0 Å². The molecule has 0 aromatic heterocycles. The lowest BCUT2D eigenvalue weighted by Gasteiger charge is -2.07. The van der Waals surface area contributed by atoms with Gasteiger partial charge in [-0.05, 0) is 18.2 Å². The van der Waals surface area contributed by atoms with Crippen LogP contribution in [0.25, 0.3) is 0 Å². The molecule has 0 heterocycles. The van der Waals surface area contributed by atoms with Crippen LogP contribution < -0.4 is 5.32 Å². The third kappa shape index (κ3) is 3.14. The zero-order valence-corrected chi connectivity index (χ0v) is 8.28. The highest BCUT2D eigenvalue weighted by Gasteiger charge is 2.10. The van der Waals surface area contributed by atoms with E-state index in [9.17, 15) is 9.59 Å². The van der Waals surface area contributed by atoms with Crippen LogP contribution in [-0.4, -0.2) is 28.7 Å². The molecule has 0 aliphatic heterocycles. The summed E-state index contributed by atoms with van der Waals surface area (Å²) in [5.41, 5.74) is 0.179. The summed E-state index contributed by atoms with van der Waals surface area (Å²) >= 11 is 5.62. The Balaban J connectivity index is 2.95. The normalized spacial score (nSPS) is 9.67. The summed E-state index contributed by atoms with van der Waals surface area (Å²) in [5.74, 6) is -2.23. The van der Waals surface area contributed by atoms with Gasteiger partial charge in [0, 0.05) is 10.7 Å². The lowest BCUT2D eigenvalue weighted by molar-refractivity contribution is -0.134. The second-order valence-electron chi connectivity index (χ2n) is 2.74. The Bertz CT molecular complexity index is 405. The molecule has 0 saturated carbocycles. The average molecular weight is 230 g/mol. The lowest BCUT2D eigenvalue weighted by Crippen LogP contribution is -2.14. The zero-order chi connectivity index (χ0) is 11.4. The molecule has 0 fully saturated rings. The number of carbonyl (C=O) groups is 2. The van der Waals surface area contributed by atoms with E-state index in [1.165, 1.54) is 18.2 Å². The van der Waals surface area contributed by atoms with Crippen molar-refractivity contribution in [1.29, 1.82) is 0 Å². The fourth-order valence-corrected chi connectivity index (χ4v) is 1.19. The van der Waals surface area contributed by atoms with Crippen molar-refractivity contribution in [2.45, 2.75) is 0 Å². The number of nitrogens with one attached hydrogen (secondary N) is 1. The van der Waals surface area contributed by atoms with Gasteiger partial charge in [-0.15, -0.1) is 0 Å². The molecular weight excluding hydrogens is 222 g/mol. The van der Waals surface area contributed by atoms with Crippen LogP contribution in [0.15, 0.2) is 18.2 Å². The van der Waals surface area contributed by atoms with Crippen molar-refractivity contribution in [3.05, 3.63) is 28.8 Å². The van der Waals surface area contributed by atoms with Gasteiger partial charge in [-0.1, -0.05) is 11.6 Å². The van der Waals surface area contributed by atoms with E-state index in [0.29, 0.717) is 0 Å². The molecule has 1 aromatic carbocycles. The summed E-state index contributed by atoms with van der Waals surface area (Å²) in [6.07, 6.45) is 0. The predicted molar refractivity (Wildman–Crippen MR) is 54.5 cm³/mol. The summed E-state index contributed by atoms with van der Waals surface area (Å²) in [5, 5.41) is 20.0. The predicted octanol–water partition coefficient (Wildman–Crippen LogP) is 1.53. The van der Waals surface area contributed by atoms with Crippen LogP contribution in [0.5, 0.6) is 0 Å². The highest BCUT2D eigenvalue weighted by Crippen LogP contribution is 2.20. The van der Waals surface area contributed by atoms with Crippen LogP contribution in [0, 0.1) is 0 Å². The van der Waals surface area contributed by atoms with Crippen molar-refractivity contribution in [2.24, 2.45) is 0 Å². The summed E-state index contributed by atoms with van der Waals surface area (Å²) in [7, 11) is 0. The summed E-state index contributed by atoms with van der Waals surface area (Å²) < 4.78 is 0. The number of benzene rings is 1. The molecule has 5 nitrogen and oxygen atoms in total. The van der Waals surface area contributed by atoms with Gasteiger partial charge in [-0.25, -0.2) is 4.79 Å². The van der Waals surface area contributed by atoms with Crippen LogP contribution in [0.3, 0.4) is 0 Å². The molecular formula is C9H8ClNO4. The fraction of sp³-hybridized carbons (Fsp3) is 0.111. The minimum Gasteiger partial charge on any atom is -0.480 e. The van der Waals surface area contributed by atoms with Crippen molar-refractivity contribution >= 4 is 29.2 Å². The molecule has 0 aliphatic rings. The Kier molecular flexibility index (Phi) is 3.51. The molecule has 0 unspecified atom stereocenters. The molecule has 1 rings (SSSR count). The Morgan fingerprint density at radius 3 is 2.53 bits per heavy atom. The van der Waals surface area contributed by atoms with E-state index >= 15 is 0 Å². The molecule has 6 heteroatoms. The lowest BCUT2D eigenvalue weighted by atomic mass is 10.2. The van der Waals surface area contributed by atoms with Crippen molar-refractivity contribution in [2.75, 3.05) is 11.9 Å². The molecule has 15 heavy (non-hydrogen) atoms. The van der Waals surface area contributed by atoms with E-state index < -0.39 is 11.9 Å². The SMILES string of the molecule is O=C(O)CNc1ccc(Cl)cc1C(=O)O. The number of carboxylic acids is 2. The molecule has 0 spiro atoms. The first-order valence-electron chi connectivity index (χ1n) is 3.99. The van der Waals surface area contributed by atoms with Gasteiger partial charge in [-0.3, -0.25) is 4.79 Å². The maximum atomic E-state index is 10.8. The second kappa shape index (κ2) is 4.65. The Morgan fingerprint density at radius 1 is 1.33 bits per heavy atom. The number of anilines is 1. The minimum absolute atomic E-state index is 0.0521. The number of aromatic carboxylic acids is 1. The number of halogens is 1. The molecule has 3 N–H and O–H groups in total. The van der Waals surface area contributed by atoms with Gasteiger partial charge in [-0.2, -0.15) is 0 Å². The van der Waals surface area contributed by atoms with Crippen molar-refractivity contribution in [3.63, 3.8) is 0 Å². The largest absolute Gasteiger partial charge is 0.480 e. The Hall–Kier alpha value is -1.75. The number of carboxylic acid groups (broad SMARTS) is 2. The molecule has 0 radical (unpaired) electrons. The summed E-state index contributed by atoms with van der Waals surface area (Å²) in [6.45, 7) is -0.345. The first kappa shape index (κ1) is 11.3. The molecule has 0 amide bonds. The van der Waals surface area contributed by atoms with E-state index in [2.05, 4.69) is 5.32 Å². The molecule has 0 atom stereocenters. The monoisotopic (exact) mass is 229 g/mol. The van der Waals surface area contributed by atoms with Crippen LogP contribution in [0.2, 0.25) is 5.02 Å². The van der Waals surface area contributed by atoms with Gasteiger partial charge in [0.15, 0.2) is 0 Å². The molecule has 1 aromatic rings. The van der Waals surface area contributed by atoms with E-state index in [1.807, 2.05) is 0 Å². The summed E-state index contributed by atoms with van der Waals surface area (Å²) in [6, 6.07) is 4.17. The molecule has 80 valence electrons. The van der Waals surface area contributed by atoms with Gasteiger partial charge in [0.2, 0.25) is 0 Å². The third-order valence-corrected chi connectivity index (χ3v) is 1.88. The van der Waals surface area contributed by atoms with Crippen LogP contribution in [0.1, 0.15) is 10.4 Å². The molecule has 0 bridgehead atoms. The quantitative estimate of drug-likeness (QED) is 0.729. The van der Waals surface area contributed by atoms with Crippen LogP contribution in [-0.2, 0) is 4.79 Å². The van der Waals surface area contributed by atoms with E-state index in [0.717, 1.165) is 0 Å². The highest BCUT2D eigenvalue weighted by atomic mass is 35.5. The second-order valence-corrected chi connectivity index (χ2v) is 3.18. The maximum absolute atomic E-state index is 10.8. The van der Waals surface area contributed by atoms with E-state index in [-0.39, 0.29) is 22.8 Å². The summed E-state index contributed by atoms with van der Waals surface area (Å²) in [4.78, 5) is 21.1. The topological polar surface area (TPSA) is 86.6 Å². The smallest absolute Gasteiger partial charge is 0.337 e. The van der Waals surface area contributed by atoms with Gasteiger partial charge in [0.05, 0.1) is 5.56 Å². The highest BCUT2D eigenvalue weighted by molar-refractivity contribution is 6.31.